The van der Waals surface area contributed by atoms with E-state index >= 15 is 4.39 Å². The van der Waals surface area contributed by atoms with Crippen molar-refractivity contribution in [2.45, 2.75) is 26.6 Å². The molecule has 0 saturated heterocycles. The number of carbonyl (C=O) groups is 1. The average molecular weight is 551 g/mol. The number of rotatable bonds is 10. The van der Waals surface area contributed by atoms with E-state index in [1.807, 2.05) is 7.05 Å². The summed E-state index contributed by atoms with van der Waals surface area (Å²) in [5, 5.41) is 11.0. The molecule has 0 aromatic heterocycles. The highest BCUT2D eigenvalue weighted by Gasteiger charge is 2.30. The molecule has 10 nitrogen and oxygen atoms in total. The van der Waals surface area contributed by atoms with Gasteiger partial charge in [-0.3, -0.25) is 4.72 Å². The first kappa shape index (κ1) is 29.4. The van der Waals surface area contributed by atoms with Crippen LogP contribution in [0.5, 0.6) is 11.5 Å². The van der Waals surface area contributed by atoms with Crippen LogP contribution in [-0.2, 0) is 16.6 Å². The Labute approximate surface area is 223 Å². The van der Waals surface area contributed by atoms with Gasteiger partial charge in [0.2, 0.25) is 6.29 Å². The van der Waals surface area contributed by atoms with Gasteiger partial charge in [-0.1, -0.05) is 26.0 Å². The summed E-state index contributed by atoms with van der Waals surface area (Å²) in [5.74, 6) is 0.214. The number of amides is 1. The third kappa shape index (κ3) is 7.22. The van der Waals surface area contributed by atoms with Crippen molar-refractivity contribution >= 4 is 27.6 Å². The summed E-state index contributed by atoms with van der Waals surface area (Å²) in [4.78, 5) is 15.4. The molecule has 1 atom stereocenters. The first-order chi connectivity index (χ1) is 17.8. The van der Waals surface area contributed by atoms with Crippen molar-refractivity contribution in [1.29, 1.82) is 0 Å². The second-order valence-electron chi connectivity index (χ2n) is 9.75. The fraction of sp³-hybridized carbons (Fsp3) is 0.423. The SMILES string of the molecule is CNS(=O)(=O)Nc1cccc(CC2=C(CN(C)CC(C)C)c3ccc(OC(=O)N(C)C)cc3OC2O)c1F. The highest BCUT2D eigenvalue weighted by molar-refractivity contribution is 7.90. The molecular weight excluding hydrogens is 515 g/mol. The largest absolute Gasteiger partial charge is 0.460 e. The van der Waals surface area contributed by atoms with Crippen LogP contribution in [0.1, 0.15) is 25.0 Å². The number of carbonyl (C=O) groups excluding carboxylic acids is 1. The molecule has 1 heterocycles. The predicted molar refractivity (Wildman–Crippen MR) is 144 cm³/mol. The Bertz CT molecular complexity index is 1310. The van der Waals surface area contributed by atoms with Crippen molar-refractivity contribution in [2.75, 3.05) is 46.0 Å². The molecule has 0 bridgehead atoms. The van der Waals surface area contributed by atoms with E-state index in [1.165, 1.54) is 36.2 Å². The van der Waals surface area contributed by atoms with Crippen LogP contribution in [0.15, 0.2) is 42.0 Å². The molecule has 0 spiro atoms. The van der Waals surface area contributed by atoms with Gasteiger partial charge in [0, 0.05) is 57.9 Å². The Hall–Kier alpha value is -3.19. The van der Waals surface area contributed by atoms with Gasteiger partial charge >= 0.3 is 6.09 Å². The number of nitrogens with one attached hydrogen (secondary N) is 2. The second-order valence-corrected chi connectivity index (χ2v) is 11.4. The van der Waals surface area contributed by atoms with Crippen LogP contribution in [-0.4, -0.2) is 77.0 Å². The van der Waals surface area contributed by atoms with Crippen molar-refractivity contribution in [2.24, 2.45) is 5.92 Å². The highest BCUT2D eigenvalue weighted by Crippen LogP contribution is 2.40. The van der Waals surface area contributed by atoms with Crippen molar-refractivity contribution in [3.05, 3.63) is 58.9 Å². The fourth-order valence-corrected chi connectivity index (χ4v) is 4.70. The van der Waals surface area contributed by atoms with E-state index in [1.54, 1.807) is 26.2 Å². The number of ether oxygens (including phenoxy) is 2. The first-order valence-electron chi connectivity index (χ1n) is 12.1. The number of fused-ring (bicyclic) bond motifs is 1. The molecule has 0 fully saturated rings. The molecule has 38 heavy (non-hydrogen) atoms. The van der Waals surface area contributed by atoms with Gasteiger partial charge in [0.1, 0.15) is 11.5 Å². The molecule has 2 aromatic carbocycles. The smallest absolute Gasteiger partial charge is 0.414 e. The third-order valence-electron chi connectivity index (χ3n) is 5.85. The normalized spacial score (nSPS) is 15.4. The van der Waals surface area contributed by atoms with Crippen LogP contribution in [0.3, 0.4) is 0 Å². The summed E-state index contributed by atoms with van der Waals surface area (Å²) in [7, 11) is 2.38. The lowest BCUT2D eigenvalue weighted by molar-refractivity contribution is 0.00988. The van der Waals surface area contributed by atoms with Crippen LogP contribution < -0.4 is 18.9 Å². The quantitative estimate of drug-likeness (QED) is 0.416. The molecule has 1 amide bonds. The molecule has 2 aromatic rings. The van der Waals surface area contributed by atoms with Gasteiger partial charge < -0.3 is 24.4 Å². The number of hydrogen-bond acceptors (Lipinski definition) is 7. The van der Waals surface area contributed by atoms with Gasteiger partial charge in [0.05, 0.1) is 5.69 Å². The minimum absolute atomic E-state index is 0.0240. The monoisotopic (exact) mass is 550 g/mol. The van der Waals surface area contributed by atoms with Gasteiger partial charge in [-0.05, 0) is 42.3 Å². The molecule has 208 valence electrons. The van der Waals surface area contributed by atoms with Crippen molar-refractivity contribution in [3.8, 4) is 11.5 Å². The lowest BCUT2D eigenvalue weighted by Crippen LogP contribution is -2.32. The standard InChI is InChI=1S/C26H35FN4O6S/c1-16(2)14-31(6)15-21-19-11-10-18(36-26(33)30(4)5)13-23(19)37-25(32)20(21)12-17-8-7-9-22(24(17)27)29-38(34,35)28-3/h7-11,13,16,25,28-29,32H,12,14-15H2,1-6H3. The van der Waals surface area contributed by atoms with Gasteiger partial charge in [-0.25, -0.2) is 13.9 Å². The Morgan fingerprint density at radius 2 is 1.92 bits per heavy atom. The number of benzene rings is 2. The number of anilines is 1. The number of likely N-dealkylation sites (N-methyl/N-ethyl adjacent to an activating group) is 1. The Balaban J connectivity index is 2.05. The average Bonchev–Trinajstić information content (AvgIpc) is 2.82. The zero-order valence-electron chi connectivity index (χ0n) is 22.4. The summed E-state index contributed by atoms with van der Waals surface area (Å²) in [6.45, 7) is 5.40. The van der Waals surface area contributed by atoms with E-state index in [4.69, 9.17) is 9.47 Å². The minimum Gasteiger partial charge on any atom is -0.460 e. The summed E-state index contributed by atoms with van der Waals surface area (Å²) in [6, 6.07) is 9.29. The van der Waals surface area contributed by atoms with Gasteiger partial charge in [0.15, 0.2) is 5.82 Å². The van der Waals surface area contributed by atoms with E-state index in [2.05, 4.69) is 28.2 Å². The summed E-state index contributed by atoms with van der Waals surface area (Å²) < 4.78 is 54.5. The molecule has 1 unspecified atom stereocenters. The maximum absolute atomic E-state index is 15.4. The minimum atomic E-state index is -3.92. The van der Waals surface area contributed by atoms with Gasteiger partial charge in [-0.15, -0.1) is 0 Å². The molecule has 0 aliphatic carbocycles. The molecular formula is C26H35FN4O6S. The van der Waals surface area contributed by atoms with E-state index in [-0.39, 0.29) is 23.4 Å². The highest BCUT2D eigenvalue weighted by atomic mass is 32.2. The molecule has 3 N–H and O–H groups in total. The van der Waals surface area contributed by atoms with E-state index in [9.17, 15) is 18.3 Å². The van der Waals surface area contributed by atoms with Crippen LogP contribution in [0.4, 0.5) is 14.9 Å². The molecule has 3 rings (SSSR count). The lowest BCUT2D eigenvalue weighted by Gasteiger charge is -2.31. The summed E-state index contributed by atoms with van der Waals surface area (Å²) >= 11 is 0. The lowest BCUT2D eigenvalue weighted by atomic mass is 9.91. The third-order valence-corrected chi connectivity index (χ3v) is 6.88. The number of aliphatic hydroxyl groups excluding tert-OH is 1. The number of nitrogens with zero attached hydrogens (tertiary/aromatic N) is 2. The van der Waals surface area contributed by atoms with Crippen LogP contribution in [0.2, 0.25) is 0 Å². The first-order valence-corrected chi connectivity index (χ1v) is 13.6. The van der Waals surface area contributed by atoms with Crippen molar-refractivity contribution in [3.63, 3.8) is 0 Å². The van der Waals surface area contributed by atoms with Crippen molar-refractivity contribution < 1.29 is 32.2 Å². The van der Waals surface area contributed by atoms with Gasteiger partial charge in [-0.2, -0.15) is 8.42 Å². The van der Waals surface area contributed by atoms with E-state index in [0.29, 0.717) is 29.3 Å². The van der Waals surface area contributed by atoms with Crippen LogP contribution in [0.25, 0.3) is 5.57 Å². The predicted octanol–water partition coefficient (Wildman–Crippen LogP) is 3.06. The topological polar surface area (TPSA) is 120 Å². The Kier molecular flexibility index (Phi) is 9.36. The number of aliphatic hydroxyl groups is 1. The molecule has 0 saturated carbocycles. The fourth-order valence-electron chi connectivity index (χ4n) is 4.15. The maximum Gasteiger partial charge on any atom is 0.414 e. The summed E-state index contributed by atoms with van der Waals surface area (Å²) in [5.41, 5.74) is 1.84. The zero-order chi connectivity index (χ0) is 28.2. The van der Waals surface area contributed by atoms with Gasteiger partial charge in [0.25, 0.3) is 10.2 Å². The Morgan fingerprint density at radius 3 is 2.55 bits per heavy atom. The van der Waals surface area contributed by atoms with Crippen LogP contribution in [0, 0.1) is 11.7 Å². The van der Waals surface area contributed by atoms with Crippen molar-refractivity contribution in [1.82, 2.24) is 14.5 Å². The molecule has 12 heteroatoms. The van der Waals surface area contributed by atoms with Crippen LogP contribution >= 0.6 is 0 Å². The summed E-state index contributed by atoms with van der Waals surface area (Å²) in [6.07, 6.45) is -1.98. The zero-order valence-corrected chi connectivity index (χ0v) is 23.2. The molecule has 0 radical (unpaired) electrons. The van der Waals surface area contributed by atoms with E-state index < -0.39 is 28.4 Å². The second kappa shape index (κ2) is 12.1. The molecule has 1 aliphatic rings. The van der Waals surface area contributed by atoms with E-state index in [0.717, 1.165) is 12.1 Å². The maximum atomic E-state index is 15.4. The molecule has 1 aliphatic heterocycles. The number of hydrogen-bond donors (Lipinski definition) is 3. The Morgan fingerprint density at radius 1 is 1.21 bits per heavy atom. The number of halogens is 1.